The first-order valence-corrected chi connectivity index (χ1v) is 10.1. The highest BCUT2D eigenvalue weighted by atomic mass is 79.9. The van der Waals surface area contributed by atoms with E-state index in [0.717, 1.165) is 11.8 Å². The summed E-state index contributed by atoms with van der Waals surface area (Å²) < 4.78 is 9.14. The number of nitro groups is 1. The molecule has 1 N–H and O–H groups in total. The van der Waals surface area contributed by atoms with Crippen LogP contribution in [0.1, 0.15) is 21.9 Å². The number of aromatic nitrogens is 4. The Bertz CT molecular complexity index is 1260. The summed E-state index contributed by atoms with van der Waals surface area (Å²) in [7, 11) is 0. The molecule has 0 bridgehead atoms. The van der Waals surface area contributed by atoms with Gasteiger partial charge in [0.05, 0.1) is 22.5 Å². The Morgan fingerprint density at radius 1 is 1.19 bits per heavy atom. The first kappa shape index (κ1) is 20.8. The van der Waals surface area contributed by atoms with Gasteiger partial charge in [-0.05, 0) is 39.7 Å². The van der Waals surface area contributed by atoms with E-state index in [2.05, 4.69) is 31.4 Å². The molecule has 0 aliphatic rings. The maximum Gasteiger partial charge on any atom is 0.307 e. The van der Waals surface area contributed by atoms with Crippen molar-refractivity contribution in [2.45, 2.75) is 13.1 Å². The minimum Gasteiger partial charge on any atom is -0.454 e. The Kier molecular flexibility index (Phi) is 5.87. The van der Waals surface area contributed by atoms with Crippen LogP contribution in [0.5, 0.6) is 0 Å². The molecule has 0 spiro atoms. The molecule has 12 heteroatoms. The molecule has 3 heterocycles. The van der Waals surface area contributed by atoms with Gasteiger partial charge in [-0.15, -0.1) is 0 Å². The van der Waals surface area contributed by atoms with Crippen LogP contribution in [-0.4, -0.2) is 30.4 Å². The number of carbonyl (C=O) groups excluding carboxylic acids is 1. The normalized spacial score (nSPS) is 10.9. The average molecular weight is 506 g/mol. The van der Waals surface area contributed by atoms with Gasteiger partial charge in [0.2, 0.25) is 0 Å². The Morgan fingerprint density at radius 3 is 2.74 bits per heavy atom. The minimum atomic E-state index is -0.534. The maximum atomic E-state index is 12.5. The average Bonchev–Trinajstić information content (AvgIpc) is 3.45. The van der Waals surface area contributed by atoms with Crippen LogP contribution in [-0.2, 0) is 13.1 Å². The van der Waals surface area contributed by atoms with Gasteiger partial charge in [0.25, 0.3) is 5.91 Å². The van der Waals surface area contributed by atoms with Crippen molar-refractivity contribution in [1.29, 1.82) is 0 Å². The summed E-state index contributed by atoms with van der Waals surface area (Å²) in [5, 5.41) is 22.3. The number of hydrogen-bond donors (Lipinski definition) is 1. The molecule has 1 amide bonds. The number of amides is 1. The van der Waals surface area contributed by atoms with Gasteiger partial charge < -0.3 is 9.73 Å². The van der Waals surface area contributed by atoms with Crippen molar-refractivity contribution in [2.24, 2.45) is 0 Å². The van der Waals surface area contributed by atoms with Gasteiger partial charge >= 0.3 is 5.69 Å². The Balaban J connectivity index is 1.42. The second-order valence-corrected chi connectivity index (χ2v) is 7.75. The van der Waals surface area contributed by atoms with Crippen LogP contribution in [0, 0.1) is 10.1 Å². The van der Waals surface area contributed by atoms with Crippen LogP contribution in [0.4, 0.5) is 11.5 Å². The monoisotopic (exact) mass is 504 g/mol. The van der Waals surface area contributed by atoms with Crippen LogP contribution in [0.3, 0.4) is 0 Å². The van der Waals surface area contributed by atoms with Crippen LogP contribution in [0.2, 0.25) is 5.02 Å². The molecule has 3 aromatic heterocycles. The topological polar surface area (TPSA) is 121 Å². The lowest BCUT2D eigenvalue weighted by atomic mass is 10.2. The molecule has 0 saturated carbocycles. The summed E-state index contributed by atoms with van der Waals surface area (Å²) in [5.74, 6) is 0.342. The van der Waals surface area contributed by atoms with Crippen molar-refractivity contribution in [3.05, 3.63) is 91.7 Å². The second-order valence-electron chi connectivity index (χ2n) is 6.49. The molecule has 158 valence electrons. The number of carbonyl (C=O) groups is 1. The number of rotatable bonds is 7. The van der Waals surface area contributed by atoms with Crippen molar-refractivity contribution >= 4 is 44.9 Å². The second kappa shape index (κ2) is 8.74. The number of furan rings is 1. The molecule has 0 atom stereocenters. The molecule has 4 rings (SSSR count). The smallest absolute Gasteiger partial charge is 0.307 e. The molecule has 0 unspecified atom stereocenters. The van der Waals surface area contributed by atoms with Crippen LogP contribution in [0.25, 0.3) is 0 Å². The lowest BCUT2D eigenvalue weighted by molar-refractivity contribution is -0.385. The lowest BCUT2D eigenvalue weighted by Crippen LogP contribution is -2.12. The van der Waals surface area contributed by atoms with Gasteiger partial charge in [0.15, 0.2) is 11.6 Å². The summed E-state index contributed by atoms with van der Waals surface area (Å²) in [4.78, 5) is 22.7. The van der Waals surface area contributed by atoms with Gasteiger partial charge in [0, 0.05) is 11.2 Å². The maximum absolute atomic E-state index is 12.5. The van der Waals surface area contributed by atoms with E-state index in [9.17, 15) is 14.9 Å². The Labute approximate surface area is 188 Å². The molecule has 0 aliphatic heterocycles. The predicted octanol–water partition coefficient (Wildman–Crippen LogP) is 4.35. The predicted molar refractivity (Wildman–Crippen MR) is 115 cm³/mol. The van der Waals surface area contributed by atoms with Gasteiger partial charge in [-0.25, -0.2) is 0 Å². The van der Waals surface area contributed by atoms with Crippen LogP contribution in [0.15, 0.2) is 63.9 Å². The molecule has 0 radical (unpaired) electrons. The van der Waals surface area contributed by atoms with Crippen molar-refractivity contribution in [2.75, 3.05) is 5.32 Å². The quantitative estimate of drug-likeness (QED) is 0.294. The zero-order chi connectivity index (χ0) is 22.0. The number of nitrogens with zero attached hydrogens (tertiary/aromatic N) is 5. The third-order valence-electron chi connectivity index (χ3n) is 4.27. The zero-order valence-electron chi connectivity index (χ0n) is 15.7. The van der Waals surface area contributed by atoms with E-state index in [1.165, 1.54) is 16.9 Å². The fourth-order valence-corrected chi connectivity index (χ4v) is 3.42. The third kappa shape index (κ3) is 4.84. The van der Waals surface area contributed by atoms with Crippen molar-refractivity contribution in [1.82, 2.24) is 19.6 Å². The standard InChI is InChI=1S/C19H14BrClN6O4/c20-15-11-26(8-12-3-1-2-4-16(12)21)24-18(15)23-19(28)17-6-5-14(31-17)10-25-9-13(7-22-25)27(29)30/h1-7,9,11H,8,10H2,(H,23,24,28). The first-order chi connectivity index (χ1) is 14.9. The summed E-state index contributed by atoms with van der Waals surface area (Å²) in [6.45, 7) is 0.590. The molecule has 10 nitrogen and oxygen atoms in total. The first-order valence-electron chi connectivity index (χ1n) is 8.92. The lowest BCUT2D eigenvalue weighted by Gasteiger charge is -2.04. The number of benzene rings is 1. The minimum absolute atomic E-state index is 0.0733. The Hall–Kier alpha value is -3.44. The third-order valence-corrected chi connectivity index (χ3v) is 5.22. The largest absolute Gasteiger partial charge is 0.454 e. The number of nitrogens with one attached hydrogen (secondary N) is 1. The SMILES string of the molecule is O=C(Nc1nn(Cc2ccccc2Cl)cc1Br)c1ccc(Cn2cc([N+](=O)[O-])cn2)o1. The van der Waals surface area contributed by atoms with Crippen LogP contribution < -0.4 is 5.32 Å². The van der Waals surface area contributed by atoms with Crippen molar-refractivity contribution in [3.8, 4) is 0 Å². The van der Waals surface area contributed by atoms with E-state index in [1.54, 1.807) is 23.0 Å². The molecular formula is C19H14BrClN6O4. The summed E-state index contributed by atoms with van der Waals surface area (Å²) in [6, 6.07) is 10.5. The van der Waals surface area contributed by atoms with E-state index < -0.39 is 10.8 Å². The van der Waals surface area contributed by atoms with Gasteiger partial charge in [-0.1, -0.05) is 29.8 Å². The van der Waals surface area contributed by atoms with Crippen molar-refractivity contribution in [3.63, 3.8) is 0 Å². The highest BCUT2D eigenvalue weighted by Gasteiger charge is 2.17. The molecule has 0 fully saturated rings. The van der Waals surface area contributed by atoms with E-state index in [4.69, 9.17) is 16.0 Å². The van der Waals surface area contributed by atoms with Gasteiger partial charge in [-0.3, -0.25) is 24.3 Å². The summed E-state index contributed by atoms with van der Waals surface area (Å²) in [5.41, 5.74) is 0.772. The van der Waals surface area contributed by atoms with E-state index in [1.807, 2.05) is 18.2 Å². The number of halogens is 2. The number of hydrogen-bond acceptors (Lipinski definition) is 6. The molecule has 4 aromatic rings. The zero-order valence-corrected chi connectivity index (χ0v) is 18.1. The molecular weight excluding hydrogens is 492 g/mol. The summed E-state index contributed by atoms with van der Waals surface area (Å²) >= 11 is 9.57. The molecule has 31 heavy (non-hydrogen) atoms. The van der Waals surface area contributed by atoms with Gasteiger partial charge in [-0.2, -0.15) is 10.2 Å². The highest BCUT2D eigenvalue weighted by molar-refractivity contribution is 9.10. The highest BCUT2D eigenvalue weighted by Crippen LogP contribution is 2.23. The Morgan fingerprint density at radius 2 is 2.00 bits per heavy atom. The molecule has 1 aromatic carbocycles. The van der Waals surface area contributed by atoms with E-state index in [-0.39, 0.29) is 18.0 Å². The fourth-order valence-electron chi connectivity index (χ4n) is 2.81. The summed E-state index contributed by atoms with van der Waals surface area (Å²) in [6.07, 6.45) is 4.16. The van der Waals surface area contributed by atoms with Crippen LogP contribution >= 0.6 is 27.5 Å². The number of anilines is 1. The van der Waals surface area contributed by atoms with E-state index >= 15 is 0 Å². The van der Waals surface area contributed by atoms with E-state index in [0.29, 0.717) is 27.6 Å². The van der Waals surface area contributed by atoms with Crippen molar-refractivity contribution < 1.29 is 14.1 Å². The molecule has 0 saturated heterocycles. The fraction of sp³-hybridized carbons (Fsp3) is 0.105. The molecule has 0 aliphatic carbocycles. The van der Waals surface area contributed by atoms with Gasteiger partial charge in [0.1, 0.15) is 18.2 Å².